The number of aryl methyl sites for hydroxylation is 1. The smallest absolute Gasteiger partial charge is 0.191 e. The van der Waals surface area contributed by atoms with Gasteiger partial charge in [-0.2, -0.15) is 0 Å². The van der Waals surface area contributed by atoms with Crippen LogP contribution in [0.5, 0.6) is 0 Å². The normalized spacial score (nSPS) is 26.6. The van der Waals surface area contributed by atoms with Gasteiger partial charge in [-0.3, -0.25) is 4.99 Å². The summed E-state index contributed by atoms with van der Waals surface area (Å²) in [4.78, 5) is 7.27. The molecule has 24 heavy (non-hydrogen) atoms. The standard InChI is InChI=1S/C19H29ClN4/c1-4-21-19(23-17-9-14(17)3)22-11-15-7-8-24(12-15)18-10-16(20)6-5-13(18)2/h5-6,10,14-15,17H,4,7-9,11-12H2,1-3H3,(H2,21,22,23). The van der Waals surface area contributed by atoms with Gasteiger partial charge in [0, 0.05) is 42.9 Å². The minimum Gasteiger partial charge on any atom is -0.371 e. The van der Waals surface area contributed by atoms with Gasteiger partial charge < -0.3 is 15.5 Å². The first-order valence-corrected chi connectivity index (χ1v) is 9.50. The largest absolute Gasteiger partial charge is 0.371 e. The minimum atomic E-state index is 0.607. The maximum atomic E-state index is 6.17. The first-order chi connectivity index (χ1) is 11.6. The molecule has 2 N–H and O–H groups in total. The second kappa shape index (κ2) is 7.64. The van der Waals surface area contributed by atoms with Crippen molar-refractivity contribution < 1.29 is 0 Å². The van der Waals surface area contributed by atoms with Crippen LogP contribution in [0.1, 0.15) is 32.3 Å². The van der Waals surface area contributed by atoms with Crippen LogP contribution in [0.3, 0.4) is 0 Å². The molecule has 1 saturated heterocycles. The third kappa shape index (κ3) is 4.35. The second-order valence-corrected chi connectivity index (χ2v) is 7.65. The van der Waals surface area contributed by atoms with Crippen LogP contribution in [-0.2, 0) is 0 Å². The average Bonchev–Trinajstić information content (AvgIpc) is 3.06. The number of nitrogens with zero attached hydrogens (tertiary/aromatic N) is 2. The Bertz CT molecular complexity index is 601. The van der Waals surface area contributed by atoms with Crippen molar-refractivity contribution in [3.8, 4) is 0 Å². The molecule has 132 valence electrons. The Balaban J connectivity index is 1.56. The van der Waals surface area contributed by atoms with E-state index in [2.05, 4.69) is 48.4 Å². The van der Waals surface area contributed by atoms with Gasteiger partial charge in [-0.25, -0.2) is 0 Å². The van der Waals surface area contributed by atoms with Crippen molar-refractivity contribution in [3.05, 3.63) is 28.8 Å². The molecule has 3 unspecified atom stereocenters. The summed E-state index contributed by atoms with van der Waals surface area (Å²) in [5, 5.41) is 7.71. The maximum absolute atomic E-state index is 6.17. The average molecular weight is 349 g/mol. The summed E-state index contributed by atoms with van der Waals surface area (Å²) in [6.07, 6.45) is 2.45. The highest BCUT2D eigenvalue weighted by molar-refractivity contribution is 6.30. The molecule has 3 atom stereocenters. The third-order valence-corrected chi connectivity index (χ3v) is 5.32. The van der Waals surface area contributed by atoms with Crippen molar-refractivity contribution in [3.63, 3.8) is 0 Å². The molecule has 0 bridgehead atoms. The van der Waals surface area contributed by atoms with Gasteiger partial charge >= 0.3 is 0 Å². The van der Waals surface area contributed by atoms with E-state index in [1.54, 1.807) is 0 Å². The fraction of sp³-hybridized carbons (Fsp3) is 0.632. The summed E-state index contributed by atoms with van der Waals surface area (Å²) in [7, 11) is 0. The molecule has 2 aliphatic rings. The zero-order valence-corrected chi connectivity index (χ0v) is 15.7. The number of benzene rings is 1. The van der Waals surface area contributed by atoms with E-state index < -0.39 is 0 Å². The fourth-order valence-corrected chi connectivity index (χ4v) is 3.53. The molecule has 5 heteroatoms. The lowest BCUT2D eigenvalue weighted by molar-refractivity contribution is 0.598. The number of nitrogens with one attached hydrogen (secondary N) is 2. The van der Waals surface area contributed by atoms with Gasteiger partial charge in [0.05, 0.1) is 0 Å². The van der Waals surface area contributed by atoms with E-state index in [1.165, 1.54) is 24.1 Å². The summed E-state index contributed by atoms with van der Waals surface area (Å²) in [5.74, 6) is 2.36. The van der Waals surface area contributed by atoms with Crippen LogP contribution < -0.4 is 15.5 Å². The summed E-state index contributed by atoms with van der Waals surface area (Å²) in [6.45, 7) is 10.5. The zero-order valence-electron chi connectivity index (χ0n) is 15.0. The Morgan fingerprint density at radius 2 is 2.21 bits per heavy atom. The molecule has 0 radical (unpaired) electrons. The number of halogens is 1. The number of aliphatic imine (C=N–C) groups is 1. The van der Waals surface area contributed by atoms with Crippen LogP contribution in [0.25, 0.3) is 0 Å². The number of anilines is 1. The van der Waals surface area contributed by atoms with Crippen LogP contribution in [0.15, 0.2) is 23.2 Å². The van der Waals surface area contributed by atoms with E-state index in [9.17, 15) is 0 Å². The van der Waals surface area contributed by atoms with E-state index in [4.69, 9.17) is 16.6 Å². The van der Waals surface area contributed by atoms with Gasteiger partial charge in [-0.05, 0) is 56.2 Å². The van der Waals surface area contributed by atoms with Crippen molar-refractivity contribution in [1.82, 2.24) is 10.6 Å². The highest BCUT2D eigenvalue weighted by atomic mass is 35.5. The number of guanidine groups is 1. The zero-order chi connectivity index (χ0) is 17.1. The van der Waals surface area contributed by atoms with Crippen molar-refractivity contribution in [2.45, 2.75) is 39.7 Å². The SMILES string of the molecule is CCNC(=NCC1CCN(c2cc(Cl)ccc2C)C1)NC1CC1C. The summed E-state index contributed by atoms with van der Waals surface area (Å²) in [6, 6.07) is 6.76. The van der Waals surface area contributed by atoms with Crippen LogP contribution in [0.4, 0.5) is 5.69 Å². The molecule has 1 aliphatic carbocycles. The van der Waals surface area contributed by atoms with Crippen LogP contribution in [0.2, 0.25) is 5.02 Å². The molecule has 0 aromatic heterocycles. The van der Waals surface area contributed by atoms with Crippen LogP contribution >= 0.6 is 11.6 Å². The Kier molecular flexibility index (Phi) is 5.54. The maximum Gasteiger partial charge on any atom is 0.191 e. The predicted molar refractivity (Wildman–Crippen MR) is 103 cm³/mol. The van der Waals surface area contributed by atoms with Gasteiger partial charge in [0.15, 0.2) is 5.96 Å². The lowest BCUT2D eigenvalue weighted by Gasteiger charge is -2.21. The molecule has 0 spiro atoms. The monoisotopic (exact) mass is 348 g/mol. The number of rotatable bonds is 5. The van der Waals surface area contributed by atoms with E-state index in [-0.39, 0.29) is 0 Å². The highest BCUT2D eigenvalue weighted by Crippen LogP contribution is 2.30. The molecule has 1 aromatic carbocycles. The first kappa shape index (κ1) is 17.4. The predicted octanol–water partition coefficient (Wildman–Crippen LogP) is 3.44. The number of hydrogen-bond donors (Lipinski definition) is 2. The lowest BCUT2D eigenvalue weighted by Crippen LogP contribution is -2.39. The third-order valence-electron chi connectivity index (χ3n) is 5.08. The molecule has 1 saturated carbocycles. The van der Waals surface area contributed by atoms with Gasteiger partial charge in [0.25, 0.3) is 0 Å². The van der Waals surface area contributed by atoms with Gasteiger partial charge in [0.2, 0.25) is 0 Å². The fourth-order valence-electron chi connectivity index (χ4n) is 3.36. The van der Waals surface area contributed by atoms with E-state index in [0.29, 0.717) is 12.0 Å². The van der Waals surface area contributed by atoms with Crippen LogP contribution in [0, 0.1) is 18.8 Å². The minimum absolute atomic E-state index is 0.607. The summed E-state index contributed by atoms with van der Waals surface area (Å²) >= 11 is 6.17. The van der Waals surface area contributed by atoms with Crippen molar-refractivity contribution in [2.75, 3.05) is 31.1 Å². The van der Waals surface area contributed by atoms with Crippen molar-refractivity contribution in [1.29, 1.82) is 0 Å². The molecule has 3 rings (SSSR count). The van der Waals surface area contributed by atoms with E-state index in [1.807, 2.05) is 6.07 Å². The molecular weight excluding hydrogens is 320 g/mol. The second-order valence-electron chi connectivity index (χ2n) is 7.21. The molecule has 2 fully saturated rings. The molecule has 1 aliphatic heterocycles. The summed E-state index contributed by atoms with van der Waals surface area (Å²) in [5.41, 5.74) is 2.56. The molecule has 1 aromatic rings. The first-order valence-electron chi connectivity index (χ1n) is 9.12. The Morgan fingerprint density at radius 3 is 2.92 bits per heavy atom. The molecule has 1 heterocycles. The van der Waals surface area contributed by atoms with Crippen molar-refractivity contribution >= 4 is 23.2 Å². The highest BCUT2D eigenvalue weighted by Gasteiger charge is 2.33. The Hall–Kier alpha value is -1.42. The molecule has 4 nitrogen and oxygen atoms in total. The van der Waals surface area contributed by atoms with Gasteiger partial charge in [0.1, 0.15) is 0 Å². The lowest BCUT2D eigenvalue weighted by atomic mass is 10.1. The molecular formula is C19H29ClN4. The van der Waals surface area contributed by atoms with Crippen LogP contribution in [-0.4, -0.2) is 38.2 Å². The van der Waals surface area contributed by atoms with Crippen molar-refractivity contribution in [2.24, 2.45) is 16.8 Å². The quantitative estimate of drug-likeness (QED) is 0.632. The molecule has 0 amide bonds. The Morgan fingerprint density at radius 1 is 1.42 bits per heavy atom. The summed E-state index contributed by atoms with van der Waals surface area (Å²) < 4.78 is 0. The van der Waals surface area contributed by atoms with E-state index in [0.717, 1.165) is 43.1 Å². The van der Waals surface area contributed by atoms with Gasteiger partial charge in [-0.1, -0.05) is 24.6 Å². The van der Waals surface area contributed by atoms with E-state index >= 15 is 0 Å². The van der Waals surface area contributed by atoms with Gasteiger partial charge in [-0.15, -0.1) is 0 Å². The Labute approximate surface area is 150 Å². The topological polar surface area (TPSA) is 39.7 Å². The number of hydrogen-bond acceptors (Lipinski definition) is 2.